The fraction of sp³-hybridized carbons (Fsp3) is 0.778. The van der Waals surface area contributed by atoms with E-state index in [0.717, 1.165) is 0 Å². The van der Waals surface area contributed by atoms with E-state index in [1.54, 1.807) is 13.8 Å². The summed E-state index contributed by atoms with van der Waals surface area (Å²) in [6, 6.07) is -4.18. The van der Waals surface area contributed by atoms with Gasteiger partial charge in [-0.25, -0.2) is 4.79 Å². The summed E-state index contributed by atoms with van der Waals surface area (Å²) in [4.78, 5) is 48.2. The van der Waals surface area contributed by atoms with Crippen molar-refractivity contribution in [2.75, 3.05) is 6.61 Å². The minimum atomic E-state index is -1.16. The first kappa shape index (κ1) is 25.8. The molecule has 0 radical (unpaired) electrons. The van der Waals surface area contributed by atoms with Crippen molar-refractivity contribution in [1.29, 1.82) is 0 Å². The molecule has 162 valence electrons. The zero-order valence-electron chi connectivity index (χ0n) is 17.2. The molecule has 7 N–H and O–H groups in total. The molecule has 0 aliphatic rings. The number of hydrogen-bond acceptors (Lipinski definition) is 6. The molecule has 0 spiro atoms. The first-order valence-corrected chi connectivity index (χ1v) is 9.50. The van der Waals surface area contributed by atoms with Gasteiger partial charge in [-0.1, -0.05) is 40.5 Å². The fourth-order valence-electron chi connectivity index (χ4n) is 2.38. The van der Waals surface area contributed by atoms with Crippen LogP contribution in [0.5, 0.6) is 0 Å². The predicted molar refractivity (Wildman–Crippen MR) is 103 cm³/mol. The van der Waals surface area contributed by atoms with Gasteiger partial charge < -0.3 is 31.9 Å². The van der Waals surface area contributed by atoms with Crippen molar-refractivity contribution in [3.8, 4) is 0 Å². The van der Waals surface area contributed by atoms with Crippen LogP contribution < -0.4 is 21.7 Å². The topological polar surface area (TPSA) is 171 Å². The third-order valence-corrected chi connectivity index (χ3v) is 4.86. The monoisotopic (exact) mass is 402 g/mol. The molecule has 28 heavy (non-hydrogen) atoms. The largest absolute Gasteiger partial charge is 0.480 e. The van der Waals surface area contributed by atoms with E-state index in [1.807, 2.05) is 13.8 Å². The van der Waals surface area contributed by atoms with E-state index < -0.39 is 54.5 Å². The summed E-state index contributed by atoms with van der Waals surface area (Å²) in [5.41, 5.74) is 5.47. The number of aliphatic hydroxyl groups is 1. The second-order valence-corrected chi connectivity index (χ2v) is 7.10. The Hall–Kier alpha value is -2.20. The highest BCUT2D eigenvalue weighted by molar-refractivity contribution is 5.94. The molecule has 0 aliphatic carbocycles. The van der Waals surface area contributed by atoms with Crippen molar-refractivity contribution < 1.29 is 29.4 Å². The number of hydrogen-bond donors (Lipinski definition) is 6. The third kappa shape index (κ3) is 7.81. The van der Waals surface area contributed by atoms with E-state index in [0.29, 0.717) is 12.8 Å². The summed E-state index contributed by atoms with van der Waals surface area (Å²) >= 11 is 0. The van der Waals surface area contributed by atoms with Crippen LogP contribution in [0.2, 0.25) is 0 Å². The van der Waals surface area contributed by atoms with Gasteiger partial charge in [-0.05, 0) is 18.8 Å². The average molecular weight is 402 g/mol. The summed E-state index contributed by atoms with van der Waals surface area (Å²) < 4.78 is 0. The van der Waals surface area contributed by atoms with Crippen molar-refractivity contribution in [1.82, 2.24) is 16.0 Å². The van der Waals surface area contributed by atoms with Crippen LogP contribution in [-0.4, -0.2) is 64.7 Å². The highest BCUT2D eigenvalue weighted by Crippen LogP contribution is 2.10. The lowest BCUT2D eigenvalue weighted by Gasteiger charge is -2.27. The first-order chi connectivity index (χ1) is 13.0. The molecule has 10 nitrogen and oxygen atoms in total. The van der Waals surface area contributed by atoms with E-state index in [-0.39, 0.29) is 11.8 Å². The first-order valence-electron chi connectivity index (χ1n) is 9.50. The number of aliphatic hydroxyl groups excluding tert-OH is 1. The highest BCUT2D eigenvalue weighted by Gasteiger charge is 2.31. The standard InChI is InChI=1S/C18H34N4O6/c1-6-9(3)13(21-16(25)12(19)8-23)17(26)20-11(5)15(24)22-14(18(27)28)10(4)7-2/h9-14,23H,6-8,19H2,1-5H3,(H,20,26)(H,21,25)(H,22,24)(H,27,28). The van der Waals surface area contributed by atoms with Crippen LogP contribution in [0.25, 0.3) is 0 Å². The Bertz CT molecular complexity index is 556. The van der Waals surface area contributed by atoms with Gasteiger partial charge >= 0.3 is 5.97 Å². The fourth-order valence-corrected chi connectivity index (χ4v) is 2.38. The zero-order valence-corrected chi connectivity index (χ0v) is 17.2. The highest BCUT2D eigenvalue weighted by atomic mass is 16.4. The number of carbonyl (C=O) groups is 4. The van der Waals surface area contributed by atoms with E-state index in [1.165, 1.54) is 6.92 Å². The summed E-state index contributed by atoms with van der Waals surface area (Å²) in [5.74, 6) is -3.59. The van der Waals surface area contributed by atoms with Gasteiger partial charge in [0.2, 0.25) is 17.7 Å². The molecule has 0 rings (SSSR count). The van der Waals surface area contributed by atoms with Crippen LogP contribution in [0, 0.1) is 11.8 Å². The molecule has 6 unspecified atom stereocenters. The molecule has 0 aromatic carbocycles. The lowest BCUT2D eigenvalue weighted by molar-refractivity contribution is -0.143. The average Bonchev–Trinajstić information content (AvgIpc) is 2.67. The summed E-state index contributed by atoms with van der Waals surface area (Å²) in [6.07, 6.45) is 1.13. The van der Waals surface area contributed by atoms with Crippen molar-refractivity contribution >= 4 is 23.7 Å². The Balaban J connectivity index is 5.11. The maximum absolute atomic E-state index is 12.6. The van der Waals surface area contributed by atoms with Crippen LogP contribution in [0.1, 0.15) is 47.5 Å². The molecule has 6 atom stereocenters. The molecule has 0 saturated carbocycles. The van der Waals surface area contributed by atoms with Crippen LogP contribution in [0.15, 0.2) is 0 Å². The molecule has 10 heteroatoms. The number of aliphatic carboxylic acids is 1. The summed E-state index contributed by atoms with van der Waals surface area (Å²) in [6.45, 7) is 7.98. The molecule has 0 aliphatic heterocycles. The van der Waals surface area contributed by atoms with E-state index in [2.05, 4.69) is 16.0 Å². The quantitative estimate of drug-likeness (QED) is 0.242. The Morgan fingerprint density at radius 2 is 1.29 bits per heavy atom. The Morgan fingerprint density at radius 1 is 0.821 bits per heavy atom. The summed E-state index contributed by atoms with van der Waals surface area (Å²) in [5, 5.41) is 25.7. The molecule has 0 fully saturated rings. The Morgan fingerprint density at radius 3 is 1.71 bits per heavy atom. The molecule has 0 saturated heterocycles. The van der Waals surface area contributed by atoms with Crippen molar-refractivity contribution in [2.45, 2.75) is 71.6 Å². The SMILES string of the molecule is CCC(C)C(NC(=O)C(C)NC(=O)C(NC(=O)C(N)CO)C(C)CC)C(=O)O. The minimum Gasteiger partial charge on any atom is -0.480 e. The van der Waals surface area contributed by atoms with Crippen molar-refractivity contribution in [3.05, 3.63) is 0 Å². The zero-order chi connectivity index (χ0) is 22.0. The molecule has 0 aromatic heterocycles. The second-order valence-electron chi connectivity index (χ2n) is 7.10. The molecular formula is C18H34N4O6. The van der Waals surface area contributed by atoms with Gasteiger partial charge in [-0.2, -0.15) is 0 Å². The van der Waals surface area contributed by atoms with Gasteiger partial charge in [-0.3, -0.25) is 14.4 Å². The van der Waals surface area contributed by atoms with Gasteiger partial charge in [0.1, 0.15) is 24.2 Å². The smallest absolute Gasteiger partial charge is 0.326 e. The maximum Gasteiger partial charge on any atom is 0.326 e. The third-order valence-electron chi connectivity index (χ3n) is 4.86. The van der Waals surface area contributed by atoms with Crippen LogP contribution in [-0.2, 0) is 19.2 Å². The van der Waals surface area contributed by atoms with Crippen molar-refractivity contribution in [3.63, 3.8) is 0 Å². The number of rotatable bonds is 12. The van der Waals surface area contributed by atoms with E-state index >= 15 is 0 Å². The number of carboxylic acids is 1. The molecule has 0 aromatic rings. The second kappa shape index (κ2) is 12.3. The van der Waals surface area contributed by atoms with Crippen molar-refractivity contribution in [2.24, 2.45) is 17.6 Å². The number of nitrogens with two attached hydrogens (primary N) is 1. The molecule has 0 heterocycles. The number of carboxylic acid groups (broad SMARTS) is 1. The summed E-state index contributed by atoms with van der Waals surface area (Å²) in [7, 11) is 0. The Labute approximate surface area is 165 Å². The van der Waals surface area contributed by atoms with Crippen LogP contribution >= 0.6 is 0 Å². The van der Waals surface area contributed by atoms with Gasteiger partial charge in [0.25, 0.3) is 0 Å². The Kier molecular flexibility index (Phi) is 11.3. The molecule has 3 amide bonds. The van der Waals surface area contributed by atoms with Gasteiger partial charge in [0.15, 0.2) is 0 Å². The van der Waals surface area contributed by atoms with Crippen LogP contribution in [0.4, 0.5) is 0 Å². The number of amides is 3. The van der Waals surface area contributed by atoms with E-state index in [4.69, 9.17) is 10.8 Å². The maximum atomic E-state index is 12.6. The normalized spacial score (nSPS) is 17.4. The number of nitrogens with one attached hydrogen (secondary N) is 3. The van der Waals surface area contributed by atoms with Gasteiger partial charge in [-0.15, -0.1) is 0 Å². The minimum absolute atomic E-state index is 0.253. The van der Waals surface area contributed by atoms with Gasteiger partial charge in [0.05, 0.1) is 6.61 Å². The molecular weight excluding hydrogens is 368 g/mol. The lowest BCUT2D eigenvalue weighted by atomic mass is 9.97. The molecule has 0 bridgehead atoms. The lowest BCUT2D eigenvalue weighted by Crippen LogP contribution is -2.58. The number of carbonyl (C=O) groups excluding carboxylic acids is 3. The van der Waals surface area contributed by atoms with Gasteiger partial charge in [0, 0.05) is 0 Å². The van der Waals surface area contributed by atoms with E-state index in [9.17, 15) is 24.3 Å². The van der Waals surface area contributed by atoms with Crippen LogP contribution in [0.3, 0.4) is 0 Å². The predicted octanol–water partition coefficient (Wildman–Crippen LogP) is -1.04.